The maximum absolute atomic E-state index is 11.3. The number of benzene rings is 1. The lowest BCUT2D eigenvalue weighted by Crippen LogP contribution is -2.01. The molecular weight excluding hydrogens is 356 g/mol. The highest BCUT2D eigenvalue weighted by Crippen LogP contribution is 2.32. The Kier molecular flexibility index (Phi) is 6.84. The summed E-state index contributed by atoms with van der Waals surface area (Å²) in [6.07, 6.45) is 9.45. The lowest BCUT2D eigenvalue weighted by Gasteiger charge is -2.10. The number of aryl methyl sites for hydroxylation is 1. The third kappa shape index (κ3) is 4.93. The molecule has 0 N–H and O–H groups in total. The monoisotopic (exact) mass is 378 g/mol. The van der Waals surface area contributed by atoms with Crippen molar-refractivity contribution in [1.82, 2.24) is 4.57 Å². The van der Waals surface area contributed by atoms with Crippen molar-refractivity contribution < 1.29 is 4.92 Å². The first-order chi connectivity index (χ1) is 11.1. The molecule has 0 bridgehead atoms. The summed E-state index contributed by atoms with van der Waals surface area (Å²) in [4.78, 5) is 11.0. The van der Waals surface area contributed by atoms with Gasteiger partial charge in [-0.2, -0.15) is 0 Å². The van der Waals surface area contributed by atoms with Gasteiger partial charge in [0.05, 0.1) is 16.2 Å². The van der Waals surface area contributed by atoms with Crippen molar-refractivity contribution in [3.63, 3.8) is 0 Å². The number of nitro groups is 1. The zero-order valence-corrected chi connectivity index (χ0v) is 15.1. The molecule has 0 fully saturated rings. The van der Waals surface area contributed by atoms with Crippen LogP contribution < -0.4 is 0 Å². The van der Waals surface area contributed by atoms with Crippen LogP contribution >= 0.6 is 15.9 Å². The van der Waals surface area contributed by atoms with Crippen LogP contribution in [0.15, 0.2) is 41.0 Å². The van der Waals surface area contributed by atoms with Crippen molar-refractivity contribution in [2.24, 2.45) is 0 Å². The van der Waals surface area contributed by atoms with Crippen LogP contribution in [0, 0.1) is 10.1 Å². The second-order valence-corrected chi connectivity index (χ2v) is 6.69. The number of nitrogens with zero attached hydrogens (tertiary/aromatic N) is 2. The topological polar surface area (TPSA) is 48.1 Å². The van der Waals surface area contributed by atoms with Crippen molar-refractivity contribution in [2.45, 2.75) is 52.0 Å². The summed E-state index contributed by atoms with van der Waals surface area (Å²) < 4.78 is 2.85. The van der Waals surface area contributed by atoms with Crippen LogP contribution in [0.3, 0.4) is 0 Å². The highest BCUT2D eigenvalue weighted by molar-refractivity contribution is 9.10. The summed E-state index contributed by atoms with van der Waals surface area (Å²) in [5.41, 5.74) is 1.73. The molecule has 0 saturated carbocycles. The van der Waals surface area contributed by atoms with Gasteiger partial charge in [-0.15, -0.1) is 0 Å². The quantitative estimate of drug-likeness (QED) is 0.296. The second kappa shape index (κ2) is 8.87. The van der Waals surface area contributed by atoms with Gasteiger partial charge < -0.3 is 4.57 Å². The molecule has 0 spiro atoms. The summed E-state index contributed by atoms with van der Waals surface area (Å²) in [6, 6.07) is 9.14. The average Bonchev–Trinajstić information content (AvgIpc) is 2.99. The fraction of sp³-hybridized carbons (Fsp3) is 0.444. The summed E-state index contributed by atoms with van der Waals surface area (Å²) in [6.45, 7) is 3.12. The molecule has 1 aromatic carbocycles. The fourth-order valence-corrected chi connectivity index (χ4v) is 3.14. The number of rotatable bonds is 9. The van der Waals surface area contributed by atoms with Crippen LogP contribution in [0.2, 0.25) is 0 Å². The number of hydrogen-bond donors (Lipinski definition) is 0. The van der Waals surface area contributed by atoms with Crippen LogP contribution in [0.25, 0.3) is 11.3 Å². The van der Waals surface area contributed by atoms with E-state index in [9.17, 15) is 10.1 Å². The minimum absolute atomic E-state index is 0.141. The molecule has 0 amide bonds. The zero-order chi connectivity index (χ0) is 16.7. The van der Waals surface area contributed by atoms with Crippen LogP contribution in [-0.2, 0) is 6.54 Å². The van der Waals surface area contributed by atoms with Gasteiger partial charge in [-0.05, 0) is 30.7 Å². The highest BCUT2D eigenvalue weighted by atomic mass is 79.9. The molecule has 4 nitrogen and oxygen atoms in total. The molecule has 0 radical (unpaired) electrons. The largest absolute Gasteiger partial charge is 0.347 e. The number of halogens is 1. The molecular formula is C18H23BrN2O2. The second-order valence-electron chi connectivity index (χ2n) is 5.77. The van der Waals surface area contributed by atoms with Gasteiger partial charge in [0.25, 0.3) is 5.69 Å². The minimum atomic E-state index is -0.317. The molecule has 1 aromatic heterocycles. The van der Waals surface area contributed by atoms with E-state index >= 15 is 0 Å². The predicted molar refractivity (Wildman–Crippen MR) is 97.6 cm³/mol. The molecule has 1 heterocycles. The first-order valence-corrected chi connectivity index (χ1v) is 9.02. The van der Waals surface area contributed by atoms with Crippen LogP contribution in [0.4, 0.5) is 5.69 Å². The van der Waals surface area contributed by atoms with E-state index < -0.39 is 0 Å². The van der Waals surface area contributed by atoms with E-state index in [2.05, 4.69) is 27.4 Å². The van der Waals surface area contributed by atoms with Crippen LogP contribution in [0.1, 0.15) is 45.4 Å². The van der Waals surface area contributed by atoms with Crippen molar-refractivity contribution in [3.05, 3.63) is 51.1 Å². The molecule has 0 aliphatic rings. The van der Waals surface area contributed by atoms with E-state index in [1.165, 1.54) is 32.1 Å². The fourth-order valence-electron chi connectivity index (χ4n) is 2.79. The number of hydrogen-bond acceptors (Lipinski definition) is 2. The Hall–Kier alpha value is -1.62. The molecule has 5 heteroatoms. The molecule has 0 saturated heterocycles. The van der Waals surface area contributed by atoms with Gasteiger partial charge in [0.1, 0.15) is 0 Å². The average molecular weight is 379 g/mol. The first-order valence-electron chi connectivity index (χ1n) is 8.23. The number of unbranched alkanes of at least 4 members (excludes halogenated alkanes) is 5. The van der Waals surface area contributed by atoms with Gasteiger partial charge in [0.15, 0.2) is 0 Å². The van der Waals surface area contributed by atoms with E-state index in [1.54, 1.807) is 6.07 Å². The Morgan fingerprint density at radius 3 is 2.61 bits per heavy atom. The van der Waals surface area contributed by atoms with Gasteiger partial charge in [0, 0.05) is 23.3 Å². The van der Waals surface area contributed by atoms with Crippen molar-refractivity contribution in [2.75, 3.05) is 0 Å². The van der Waals surface area contributed by atoms with Gasteiger partial charge in [-0.1, -0.05) is 55.0 Å². The van der Waals surface area contributed by atoms with Gasteiger partial charge in [-0.3, -0.25) is 10.1 Å². The molecule has 0 aliphatic carbocycles. The summed E-state index contributed by atoms with van der Waals surface area (Å²) in [5, 5.41) is 11.3. The Labute approximate surface area is 145 Å². The maximum atomic E-state index is 11.3. The lowest BCUT2D eigenvalue weighted by atomic mass is 10.1. The summed E-state index contributed by atoms with van der Waals surface area (Å²) in [5.74, 6) is 0. The Morgan fingerprint density at radius 2 is 1.87 bits per heavy atom. The smallest absolute Gasteiger partial charge is 0.279 e. The third-order valence-electron chi connectivity index (χ3n) is 4.01. The summed E-state index contributed by atoms with van der Waals surface area (Å²) in [7, 11) is 0. The molecule has 2 rings (SSSR count). The molecule has 2 aromatic rings. The Balaban J connectivity index is 2.08. The van der Waals surface area contributed by atoms with E-state index in [4.69, 9.17) is 0 Å². The highest BCUT2D eigenvalue weighted by Gasteiger charge is 2.18. The normalized spacial score (nSPS) is 10.9. The van der Waals surface area contributed by atoms with E-state index in [-0.39, 0.29) is 10.6 Å². The van der Waals surface area contributed by atoms with Crippen molar-refractivity contribution >= 4 is 21.6 Å². The molecule has 124 valence electrons. The Morgan fingerprint density at radius 1 is 1.13 bits per heavy atom. The van der Waals surface area contributed by atoms with E-state index in [0.29, 0.717) is 5.56 Å². The molecule has 0 atom stereocenters. The molecule has 0 aliphatic heterocycles. The Bertz CT molecular complexity index is 652. The minimum Gasteiger partial charge on any atom is -0.347 e. The van der Waals surface area contributed by atoms with Gasteiger partial charge in [0.2, 0.25) is 0 Å². The van der Waals surface area contributed by atoms with Gasteiger partial charge in [-0.25, -0.2) is 0 Å². The summed E-state index contributed by atoms with van der Waals surface area (Å²) >= 11 is 3.31. The standard InChI is InChI=1S/C18H23BrN2O2/c1-2-3-4-5-6-7-12-20-13-8-9-17(20)16-11-10-15(19)14-18(16)21(22)23/h8-11,13-14H,2-7,12H2,1H3. The number of nitro benzene ring substituents is 1. The lowest BCUT2D eigenvalue weighted by molar-refractivity contribution is -0.384. The van der Waals surface area contributed by atoms with Crippen LogP contribution in [-0.4, -0.2) is 9.49 Å². The molecule has 23 heavy (non-hydrogen) atoms. The van der Waals surface area contributed by atoms with E-state index in [1.807, 2.05) is 30.5 Å². The van der Waals surface area contributed by atoms with Gasteiger partial charge >= 0.3 is 0 Å². The van der Waals surface area contributed by atoms with Crippen LogP contribution in [0.5, 0.6) is 0 Å². The van der Waals surface area contributed by atoms with Crippen molar-refractivity contribution in [1.29, 1.82) is 0 Å². The SMILES string of the molecule is CCCCCCCCn1cccc1-c1ccc(Br)cc1[N+](=O)[O-]. The predicted octanol–water partition coefficient (Wildman–Crippen LogP) is 6.19. The zero-order valence-electron chi connectivity index (χ0n) is 13.5. The third-order valence-corrected chi connectivity index (χ3v) is 4.51. The first kappa shape index (κ1) is 17.7. The number of aromatic nitrogens is 1. The molecule has 0 unspecified atom stereocenters. The van der Waals surface area contributed by atoms with Crippen molar-refractivity contribution in [3.8, 4) is 11.3 Å². The van der Waals surface area contributed by atoms with E-state index in [0.717, 1.165) is 23.1 Å². The maximum Gasteiger partial charge on any atom is 0.279 e.